The molecule has 0 aliphatic carbocycles. The molecule has 1 aromatic carbocycles. The summed E-state index contributed by atoms with van der Waals surface area (Å²) in [4.78, 5) is 0. The van der Waals surface area contributed by atoms with Crippen LogP contribution in [0.15, 0.2) is 18.2 Å². The quantitative estimate of drug-likeness (QED) is 0.772. The van der Waals surface area contributed by atoms with Gasteiger partial charge in [-0.2, -0.15) is 0 Å². The molecule has 0 radical (unpaired) electrons. The Bertz CT molecular complexity index is 301. The lowest BCUT2D eigenvalue weighted by atomic mass is 9.97. The zero-order valence-corrected chi connectivity index (χ0v) is 8.33. The van der Waals surface area contributed by atoms with Gasteiger partial charge in [-0.05, 0) is 36.1 Å². The first-order valence-electron chi connectivity index (χ1n) is 4.83. The number of rotatable bonds is 4. The first kappa shape index (κ1) is 11.1. The third kappa shape index (κ3) is 2.53. The summed E-state index contributed by atoms with van der Waals surface area (Å²) in [5.41, 5.74) is 7.68. The van der Waals surface area contributed by atoms with E-state index in [1.165, 1.54) is 12.1 Å². The molecule has 2 nitrogen and oxygen atoms in total. The smallest absolute Gasteiger partial charge is 0.123 e. The van der Waals surface area contributed by atoms with E-state index in [2.05, 4.69) is 0 Å². The Morgan fingerprint density at radius 1 is 1.50 bits per heavy atom. The van der Waals surface area contributed by atoms with Crippen molar-refractivity contribution in [2.75, 3.05) is 6.61 Å². The second-order valence-corrected chi connectivity index (χ2v) is 3.32. The van der Waals surface area contributed by atoms with E-state index in [0.29, 0.717) is 6.42 Å². The number of hydrogen-bond acceptors (Lipinski definition) is 2. The van der Waals surface area contributed by atoms with Gasteiger partial charge in [0.1, 0.15) is 5.82 Å². The topological polar surface area (TPSA) is 46.2 Å². The molecule has 1 aromatic rings. The maximum absolute atomic E-state index is 13.0. The van der Waals surface area contributed by atoms with Gasteiger partial charge in [-0.25, -0.2) is 4.39 Å². The molecule has 0 bridgehead atoms. The summed E-state index contributed by atoms with van der Waals surface area (Å²) in [6.07, 6.45) is 1.30. The first-order valence-corrected chi connectivity index (χ1v) is 4.83. The molecule has 0 saturated carbocycles. The van der Waals surface area contributed by atoms with Gasteiger partial charge in [0.15, 0.2) is 0 Å². The van der Waals surface area contributed by atoms with Gasteiger partial charge >= 0.3 is 0 Å². The Labute approximate surface area is 83.6 Å². The highest BCUT2D eigenvalue weighted by Crippen LogP contribution is 2.20. The van der Waals surface area contributed by atoms with Gasteiger partial charge in [-0.15, -0.1) is 0 Å². The molecule has 0 heterocycles. The second-order valence-electron chi connectivity index (χ2n) is 3.32. The number of aryl methyl sites for hydroxylation is 1. The summed E-state index contributed by atoms with van der Waals surface area (Å²) in [6.45, 7) is 2.03. The van der Waals surface area contributed by atoms with Crippen LogP contribution in [0.1, 0.15) is 30.5 Å². The Morgan fingerprint density at radius 2 is 2.21 bits per heavy atom. The normalized spacial score (nSPS) is 12.9. The third-order valence-electron chi connectivity index (χ3n) is 2.33. The minimum Gasteiger partial charge on any atom is -0.396 e. The van der Waals surface area contributed by atoms with E-state index in [9.17, 15) is 4.39 Å². The van der Waals surface area contributed by atoms with Crippen LogP contribution in [-0.2, 0) is 6.42 Å². The van der Waals surface area contributed by atoms with E-state index in [-0.39, 0.29) is 18.5 Å². The van der Waals surface area contributed by atoms with Gasteiger partial charge < -0.3 is 10.8 Å². The van der Waals surface area contributed by atoms with Gasteiger partial charge in [0.2, 0.25) is 0 Å². The van der Waals surface area contributed by atoms with Crippen LogP contribution >= 0.6 is 0 Å². The summed E-state index contributed by atoms with van der Waals surface area (Å²) in [7, 11) is 0. The molecule has 0 amide bonds. The highest BCUT2D eigenvalue weighted by atomic mass is 19.1. The van der Waals surface area contributed by atoms with Crippen LogP contribution in [0.5, 0.6) is 0 Å². The molecule has 1 atom stereocenters. The third-order valence-corrected chi connectivity index (χ3v) is 2.33. The van der Waals surface area contributed by atoms with Gasteiger partial charge in [0.05, 0.1) is 0 Å². The Hall–Kier alpha value is -0.930. The fourth-order valence-electron chi connectivity index (χ4n) is 1.53. The van der Waals surface area contributed by atoms with Crippen molar-refractivity contribution >= 4 is 0 Å². The summed E-state index contributed by atoms with van der Waals surface area (Å²) < 4.78 is 13.0. The van der Waals surface area contributed by atoms with E-state index in [4.69, 9.17) is 10.8 Å². The number of hydrogen-bond donors (Lipinski definition) is 2. The number of aliphatic hydroxyl groups excluding tert-OH is 1. The molecule has 14 heavy (non-hydrogen) atoms. The van der Waals surface area contributed by atoms with Gasteiger partial charge in [0, 0.05) is 12.6 Å². The first-order chi connectivity index (χ1) is 6.69. The maximum Gasteiger partial charge on any atom is 0.123 e. The second kappa shape index (κ2) is 5.08. The molecule has 3 heteroatoms. The molecule has 0 spiro atoms. The monoisotopic (exact) mass is 197 g/mol. The molecular weight excluding hydrogens is 181 g/mol. The van der Waals surface area contributed by atoms with Crippen LogP contribution in [0.3, 0.4) is 0 Å². The van der Waals surface area contributed by atoms with Crippen molar-refractivity contribution < 1.29 is 9.50 Å². The molecule has 0 saturated heterocycles. The van der Waals surface area contributed by atoms with Gasteiger partial charge in [0.25, 0.3) is 0 Å². The fourth-order valence-corrected chi connectivity index (χ4v) is 1.53. The van der Waals surface area contributed by atoms with E-state index in [1.54, 1.807) is 6.07 Å². The number of nitrogens with two attached hydrogens (primary N) is 1. The molecule has 0 aliphatic heterocycles. The summed E-state index contributed by atoms with van der Waals surface area (Å²) in [5, 5.41) is 8.76. The van der Waals surface area contributed by atoms with E-state index < -0.39 is 0 Å². The average Bonchev–Trinajstić information content (AvgIpc) is 2.18. The van der Waals surface area contributed by atoms with Gasteiger partial charge in [-0.1, -0.05) is 13.0 Å². The minimum atomic E-state index is -0.273. The number of benzene rings is 1. The Morgan fingerprint density at radius 3 is 2.79 bits per heavy atom. The van der Waals surface area contributed by atoms with E-state index >= 15 is 0 Å². The number of halogens is 1. The van der Waals surface area contributed by atoms with Crippen LogP contribution in [0.4, 0.5) is 4.39 Å². The lowest BCUT2D eigenvalue weighted by Gasteiger charge is -2.14. The highest BCUT2D eigenvalue weighted by molar-refractivity contribution is 5.30. The summed E-state index contributed by atoms with van der Waals surface area (Å²) in [5.74, 6) is -0.273. The van der Waals surface area contributed by atoms with Crippen LogP contribution < -0.4 is 5.73 Å². The predicted molar refractivity (Wildman–Crippen MR) is 54.4 cm³/mol. The SMILES string of the molecule is CCc1ccc(F)cc1[C@@H](N)CCO. The van der Waals surface area contributed by atoms with Crippen molar-refractivity contribution in [3.05, 3.63) is 35.1 Å². The lowest BCUT2D eigenvalue weighted by Crippen LogP contribution is -2.14. The maximum atomic E-state index is 13.0. The van der Waals surface area contributed by atoms with Crippen LogP contribution in [0.25, 0.3) is 0 Å². The zero-order valence-electron chi connectivity index (χ0n) is 8.33. The van der Waals surface area contributed by atoms with Crippen molar-refractivity contribution in [1.29, 1.82) is 0 Å². The lowest BCUT2D eigenvalue weighted by molar-refractivity contribution is 0.276. The number of aliphatic hydroxyl groups is 1. The summed E-state index contributed by atoms with van der Waals surface area (Å²) in [6, 6.07) is 4.38. The largest absolute Gasteiger partial charge is 0.396 e. The van der Waals surface area contributed by atoms with Crippen molar-refractivity contribution in [2.24, 2.45) is 5.73 Å². The van der Waals surface area contributed by atoms with Crippen LogP contribution in [-0.4, -0.2) is 11.7 Å². The molecule has 1 rings (SSSR count). The van der Waals surface area contributed by atoms with Gasteiger partial charge in [-0.3, -0.25) is 0 Å². The molecule has 0 fully saturated rings. The molecule has 3 N–H and O–H groups in total. The molecule has 0 aliphatic rings. The molecule has 0 unspecified atom stereocenters. The average molecular weight is 197 g/mol. The Balaban J connectivity index is 2.97. The fraction of sp³-hybridized carbons (Fsp3) is 0.455. The molecule has 78 valence electrons. The zero-order chi connectivity index (χ0) is 10.6. The van der Waals surface area contributed by atoms with Crippen molar-refractivity contribution in [3.63, 3.8) is 0 Å². The van der Waals surface area contributed by atoms with Crippen molar-refractivity contribution in [2.45, 2.75) is 25.8 Å². The van der Waals surface area contributed by atoms with Crippen molar-refractivity contribution in [1.82, 2.24) is 0 Å². The predicted octanol–water partition coefficient (Wildman–Crippen LogP) is 1.77. The van der Waals surface area contributed by atoms with Crippen molar-refractivity contribution in [3.8, 4) is 0 Å². The van der Waals surface area contributed by atoms with Crippen LogP contribution in [0, 0.1) is 5.82 Å². The highest BCUT2D eigenvalue weighted by Gasteiger charge is 2.10. The molecule has 0 aromatic heterocycles. The Kier molecular flexibility index (Phi) is 4.04. The van der Waals surface area contributed by atoms with Crippen LogP contribution in [0.2, 0.25) is 0 Å². The standard InChI is InChI=1S/C11H16FNO/c1-2-8-3-4-9(12)7-10(8)11(13)5-6-14/h3-4,7,11,14H,2,5-6,13H2,1H3/t11-/m0/s1. The molecular formula is C11H16FNO. The van der Waals surface area contributed by atoms with E-state index in [1.807, 2.05) is 6.92 Å². The van der Waals surface area contributed by atoms with E-state index in [0.717, 1.165) is 17.5 Å². The summed E-state index contributed by atoms with van der Waals surface area (Å²) >= 11 is 0. The minimum absolute atomic E-state index is 0.0286.